The first-order valence-electron chi connectivity index (χ1n) is 5.86. The third-order valence-electron chi connectivity index (χ3n) is 1.79. The van der Waals surface area contributed by atoms with Crippen molar-refractivity contribution in [3.05, 3.63) is 0 Å². The first-order valence-corrected chi connectivity index (χ1v) is 5.86. The molecule has 0 unspecified atom stereocenters. The Labute approximate surface area is 120 Å². The lowest BCUT2D eigenvalue weighted by molar-refractivity contribution is -0.138. The molecule has 0 spiro atoms. The highest BCUT2D eigenvalue weighted by Crippen LogP contribution is 1.94. The lowest BCUT2D eigenvalue weighted by atomic mass is 10.2. The summed E-state index contributed by atoms with van der Waals surface area (Å²) in [6.45, 7) is 2.75. The third-order valence-corrected chi connectivity index (χ3v) is 1.79. The monoisotopic (exact) mass is 300 g/mol. The molecule has 8 heteroatoms. The van der Waals surface area contributed by atoms with Crippen LogP contribution in [0.2, 0.25) is 0 Å². The molecule has 0 aliphatic heterocycles. The van der Waals surface area contributed by atoms with Crippen LogP contribution in [0, 0.1) is 0 Å². The number of aliphatic carboxylic acids is 2. The molecule has 0 rings (SSSR count). The van der Waals surface area contributed by atoms with Crippen LogP contribution >= 0.6 is 0 Å². The van der Waals surface area contributed by atoms with Gasteiger partial charge in [-0.15, -0.1) is 0 Å². The quantitative estimate of drug-likeness (QED) is 0.519. The average molecular weight is 300 g/mol. The van der Waals surface area contributed by atoms with Crippen LogP contribution in [0.1, 0.15) is 40.0 Å². The molecule has 0 saturated carbocycles. The van der Waals surface area contributed by atoms with Gasteiger partial charge in [0, 0.05) is 34.6 Å². The second kappa shape index (κ2) is 26.1. The summed E-state index contributed by atoms with van der Waals surface area (Å²) < 4.78 is 4.73. The maximum atomic E-state index is 9.92. The zero-order chi connectivity index (χ0) is 15.5. The van der Waals surface area contributed by atoms with E-state index in [2.05, 4.69) is 0 Å². The van der Waals surface area contributed by atoms with Crippen LogP contribution in [-0.2, 0) is 19.1 Å². The number of carbonyl (C=O) groups excluding carboxylic acids is 1. The molecule has 0 bridgehead atoms. The standard InChI is InChI=1S/C6H12O3.C5H10O3.CH2O.H2O.H2/c1-9-5-3-2-4-6(7)8;6-4-2-1-3-5(7)8;1-2;;/h2-5H2,1H3,(H,7,8);6H,1-4H2,(H,7,8);1H2;1H2;1H. The van der Waals surface area contributed by atoms with Crippen LogP contribution in [0.15, 0.2) is 0 Å². The fourth-order valence-electron chi connectivity index (χ4n) is 0.911. The molecule has 0 atom stereocenters. The Morgan fingerprint density at radius 2 is 1.40 bits per heavy atom. The van der Waals surface area contributed by atoms with Gasteiger partial charge in [0.1, 0.15) is 6.79 Å². The van der Waals surface area contributed by atoms with E-state index in [-0.39, 0.29) is 26.4 Å². The van der Waals surface area contributed by atoms with Crippen LogP contribution in [0.4, 0.5) is 0 Å². The Bertz CT molecular complexity index is 213. The van der Waals surface area contributed by atoms with E-state index in [1.807, 2.05) is 6.79 Å². The van der Waals surface area contributed by atoms with E-state index in [4.69, 9.17) is 24.9 Å². The average Bonchev–Trinajstić information content (AvgIpc) is 2.38. The molecule has 124 valence electrons. The van der Waals surface area contributed by atoms with E-state index >= 15 is 0 Å². The largest absolute Gasteiger partial charge is 0.481 e. The number of carboxylic acids is 2. The molecule has 0 amide bonds. The van der Waals surface area contributed by atoms with Crippen LogP contribution in [0.5, 0.6) is 0 Å². The molecule has 5 N–H and O–H groups in total. The van der Waals surface area contributed by atoms with Gasteiger partial charge in [0.25, 0.3) is 0 Å². The van der Waals surface area contributed by atoms with E-state index in [1.54, 1.807) is 7.11 Å². The number of unbranched alkanes of at least 4 members (excludes halogenated alkanes) is 2. The summed E-state index contributed by atoms with van der Waals surface area (Å²) >= 11 is 0. The molecule has 0 aromatic heterocycles. The van der Waals surface area contributed by atoms with Crippen LogP contribution in [0.25, 0.3) is 0 Å². The van der Waals surface area contributed by atoms with E-state index in [0.29, 0.717) is 25.9 Å². The zero-order valence-electron chi connectivity index (χ0n) is 11.8. The Hall–Kier alpha value is -1.51. The molecule has 0 aliphatic rings. The van der Waals surface area contributed by atoms with Crippen molar-refractivity contribution in [2.24, 2.45) is 0 Å². The van der Waals surface area contributed by atoms with Crippen molar-refractivity contribution in [3.8, 4) is 0 Å². The van der Waals surface area contributed by atoms with E-state index < -0.39 is 11.9 Å². The summed E-state index contributed by atoms with van der Waals surface area (Å²) in [5.41, 5.74) is 0. The molecular weight excluding hydrogens is 272 g/mol. The van der Waals surface area contributed by atoms with Crippen LogP contribution in [0.3, 0.4) is 0 Å². The molecule has 0 fully saturated rings. The predicted molar refractivity (Wildman–Crippen MR) is 74.8 cm³/mol. The van der Waals surface area contributed by atoms with E-state index in [1.165, 1.54) is 0 Å². The minimum absolute atomic E-state index is 0. The van der Waals surface area contributed by atoms with Crippen molar-refractivity contribution in [2.45, 2.75) is 38.5 Å². The highest BCUT2D eigenvalue weighted by molar-refractivity contribution is 5.66. The number of aliphatic hydroxyl groups is 1. The van der Waals surface area contributed by atoms with Crippen molar-refractivity contribution in [3.63, 3.8) is 0 Å². The number of hydrogen-bond acceptors (Lipinski definition) is 5. The van der Waals surface area contributed by atoms with Gasteiger partial charge in [-0.3, -0.25) is 9.59 Å². The highest BCUT2D eigenvalue weighted by Gasteiger charge is 1.94. The Kier molecular flexibility index (Phi) is 35.2. The maximum Gasteiger partial charge on any atom is 0.303 e. The smallest absolute Gasteiger partial charge is 0.303 e. The van der Waals surface area contributed by atoms with Crippen molar-refractivity contribution < 1.29 is 41.3 Å². The Morgan fingerprint density at radius 3 is 1.70 bits per heavy atom. The molecule has 0 radical (unpaired) electrons. The van der Waals surface area contributed by atoms with Crippen molar-refractivity contribution in [1.29, 1.82) is 0 Å². The lowest BCUT2D eigenvalue weighted by Crippen LogP contribution is -1.95. The van der Waals surface area contributed by atoms with Gasteiger partial charge in [-0.2, -0.15) is 0 Å². The highest BCUT2D eigenvalue weighted by atomic mass is 16.5. The minimum Gasteiger partial charge on any atom is -0.481 e. The Balaban J connectivity index is -0.0000000671. The van der Waals surface area contributed by atoms with E-state index in [9.17, 15) is 9.59 Å². The summed E-state index contributed by atoms with van der Waals surface area (Å²) in [5.74, 6) is -1.52. The predicted octanol–water partition coefficient (Wildman–Crippen LogP) is 0.358. The number of rotatable bonds is 9. The number of carboxylic acid groups (broad SMARTS) is 2. The van der Waals surface area contributed by atoms with Crippen molar-refractivity contribution in [2.75, 3.05) is 20.3 Å². The van der Waals surface area contributed by atoms with Gasteiger partial charge in [-0.05, 0) is 25.7 Å². The Morgan fingerprint density at radius 1 is 1.00 bits per heavy atom. The molecule has 8 nitrogen and oxygen atoms in total. The van der Waals surface area contributed by atoms with Gasteiger partial charge < -0.3 is 30.3 Å². The first kappa shape index (κ1) is 26.9. The lowest BCUT2D eigenvalue weighted by Gasteiger charge is -1.94. The first-order chi connectivity index (χ1) is 9.04. The van der Waals surface area contributed by atoms with Crippen molar-refractivity contribution >= 4 is 18.7 Å². The zero-order valence-corrected chi connectivity index (χ0v) is 11.8. The molecule has 0 aliphatic carbocycles. The summed E-state index contributed by atoms with van der Waals surface area (Å²) in [4.78, 5) is 27.7. The third kappa shape index (κ3) is 43.9. The topological polar surface area (TPSA) is 153 Å². The van der Waals surface area contributed by atoms with Crippen LogP contribution < -0.4 is 0 Å². The van der Waals surface area contributed by atoms with Gasteiger partial charge in [0.15, 0.2) is 0 Å². The SMILES string of the molecule is C=O.COCCCCC(=O)O.O.O=C(O)CCCCO.[HH]. The van der Waals surface area contributed by atoms with Gasteiger partial charge in [-0.25, -0.2) is 0 Å². The second-order valence-corrected chi connectivity index (χ2v) is 3.42. The number of hydrogen-bond donors (Lipinski definition) is 3. The fourth-order valence-corrected chi connectivity index (χ4v) is 0.911. The van der Waals surface area contributed by atoms with E-state index in [0.717, 1.165) is 6.42 Å². The number of aliphatic hydroxyl groups excluding tert-OH is 1. The maximum absolute atomic E-state index is 9.92. The van der Waals surface area contributed by atoms with Gasteiger partial charge in [-0.1, -0.05) is 0 Å². The number of methoxy groups -OCH3 is 1. The van der Waals surface area contributed by atoms with Gasteiger partial charge in [0.05, 0.1) is 0 Å². The molecule has 0 heterocycles. The van der Waals surface area contributed by atoms with Crippen molar-refractivity contribution in [1.82, 2.24) is 0 Å². The summed E-state index contributed by atoms with van der Waals surface area (Å²) in [5, 5.41) is 24.4. The summed E-state index contributed by atoms with van der Waals surface area (Å²) in [7, 11) is 1.61. The fraction of sp³-hybridized carbons (Fsp3) is 0.750. The number of ether oxygens (including phenoxy) is 1. The number of carbonyl (C=O) groups is 3. The van der Waals surface area contributed by atoms with Gasteiger partial charge in [0.2, 0.25) is 0 Å². The normalized spacial score (nSPS) is 8.10. The molecule has 0 saturated heterocycles. The molecule has 0 aromatic carbocycles. The van der Waals surface area contributed by atoms with Gasteiger partial charge >= 0.3 is 11.9 Å². The minimum atomic E-state index is -0.793. The summed E-state index contributed by atoms with van der Waals surface area (Å²) in [6, 6.07) is 0. The second-order valence-electron chi connectivity index (χ2n) is 3.42. The molecule has 0 aromatic rings. The molecular formula is C12H28O8. The molecule has 20 heavy (non-hydrogen) atoms. The summed E-state index contributed by atoms with van der Waals surface area (Å²) in [6.07, 6.45) is 3.13. The van der Waals surface area contributed by atoms with Crippen LogP contribution in [-0.4, -0.2) is 59.8 Å².